The van der Waals surface area contributed by atoms with Crippen molar-refractivity contribution in [1.82, 2.24) is 15.5 Å². The van der Waals surface area contributed by atoms with E-state index >= 15 is 0 Å². The van der Waals surface area contributed by atoms with E-state index in [0.717, 1.165) is 12.8 Å². The molecule has 3 N–H and O–H groups in total. The molecule has 2 saturated heterocycles. The Balaban J connectivity index is 1.29. The Bertz CT molecular complexity index is 1320. The molecule has 2 aliphatic heterocycles. The summed E-state index contributed by atoms with van der Waals surface area (Å²) in [5.74, 6) is -0.899. The molecule has 11 heteroatoms. The summed E-state index contributed by atoms with van der Waals surface area (Å²) in [6.45, 7) is 7.69. The maximum Gasteiger partial charge on any atom is 0.251 e. The second-order valence-electron chi connectivity index (χ2n) is 10.6. The highest BCUT2D eigenvalue weighted by Gasteiger charge is 2.40. The Labute approximate surface area is 250 Å². The number of benzene rings is 2. The lowest BCUT2D eigenvalue weighted by molar-refractivity contribution is -0.142. The summed E-state index contributed by atoms with van der Waals surface area (Å²) < 4.78 is 11.7. The third-order valence-electron chi connectivity index (χ3n) is 7.22. The van der Waals surface area contributed by atoms with Gasteiger partial charge in [0.25, 0.3) is 5.91 Å². The van der Waals surface area contributed by atoms with E-state index in [9.17, 15) is 19.2 Å². The molecule has 0 saturated carbocycles. The van der Waals surface area contributed by atoms with E-state index < -0.39 is 30.3 Å². The SMILES string of the molecule is C=C1CC(NC(=O)C2CCCN2C(=O)C(C)NC(=O)c2ccc(NC(C)=O)c(Cl)c2)C(OCCCc2ccccc2)O1. The lowest BCUT2D eigenvalue weighted by atomic mass is 10.1. The van der Waals surface area contributed by atoms with Crippen molar-refractivity contribution in [3.05, 3.63) is 77.0 Å². The van der Waals surface area contributed by atoms with Crippen LogP contribution in [-0.2, 0) is 30.3 Å². The molecule has 42 heavy (non-hydrogen) atoms. The fraction of sp³-hybridized carbons (Fsp3) is 0.419. The van der Waals surface area contributed by atoms with Crippen LogP contribution in [0, 0.1) is 0 Å². The molecule has 4 rings (SSSR count). The summed E-state index contributed by atoms with van der Waals surface area (Å²) in [4.78, 5) is 52.2. The van der Waals surface area contributed by atoms with E-state index in [2.05, 4.69) is 34.7 Å². The summed E-state index contributed by atoms with van der Waals surface area (Å²) >= 11 is 6.19. The van der Waals surface area contributed by atoms with Gasteiger partial charge in [0, 0.05) is 25.5 Å². The van der Waals surface area contributed by atoms with E-state index in [1.807, 2.05) is 18.2 Å². The number of halogens is 1. The van der Waals surface area contributed by atoms with Crippen LogP contribution >= 0.6 is 11.6 Å². The van der Waals surface area contributed by atoms with E-state index in [-0.39, 0.29) is 28.3 Å². The van der Waals surface area contributed by atoms with Gasteiger partial charge in [-0.25, -0.2) is 0 Å². The normalized spacial score (nSPS) is 20.5. The van der Waals surface area contributed by atoms with Gasteiger partial charge in [-0.1, -0.05) is 48.5 Å². The number of likely N-dealkylation sites (tertiary alicyclic amines) is 1. The number of amides is 4. The Hall–Kier alpha value is -3.89. The molecule has 0 radical (unpaired) electrons. The molecule has 2 aromatic rings. The average Bonchev–Trinajstić information content (AvgIpc) is 3.58. The molecule has 4 atom stereocenters. The summed E-state index contributed by atoms with van der Waals surface area (Å²) in [6, 6.07) is 12.6. The van der Waals surface area contributed by atoms with Crippen LogP contribution in [0.5, 0.6) is 0 Å². The first-order chi connectivity index (χ1) is 20.1. The van der Waals surface area contributed by atoms with E-state index in [1.165, 1.54) is 35.6 Å². The molecule has 10 nitrogen and oxygen atoms in total. The average molecular weight is 597 g/mol. The van der Waals surface area contributed by atoms with E-state index in [4.69, 9.17) is 21.1 Å². The van der Waals surface area contributed by atoms with Crippen LogP contribution in [0.2, 0.25) is 5.02 Å². The van der Waals surface area contributed by atoms with Crippen molar-refractivity contribution in [1.29, 1.82) is 0 Å². The lowest BCUT2D eigenvalue weighted by Gasteiger charge is -2.28. The Kier molecular flexibility index (Phi) is 10.6. The monoisotopic (exact) mass is 596 g/mol. The Morgan fingerprint density at radius 2 is 1.93 bits per heavy atom. The molecule has 4 unspecified atom stereocenters. The quantitative estimate of drug-likeness (QED) is 0.339. The van der Waals surface area contributed by atoms with Gasteiger partial charge in [0.1, 0.15) is 12.1 Å². The zero-order valence-corrected chi connectivity index (χ0v) is 24.6. The first-order valence-corrected chi connectivity index (χ1v) is 14.5. The molecule has 2 aromatic carbocycles. The van der Waals surface area contributed by atoms with Crippen LogP contribution in [0.1, 0.15) is 55.5 Å². The molecule has 2 aliphatic rings. The summed E-state index contributed by atoms with van der Waals surface area (Å²) in [7, 11) is 0. The lowest BCUT2D eigenvalue weighted by Crippen LogP contribution is -2.54. The van der Waals surface area contributed by atoms with Crippen LogP contribution < -0.4 is 16.0 Å². The summed E-state index contributed by atoms with van der Waals surface area (Å²) in [5.41, 5.74) is 1.84. The molecule has 224 valence electrons. The highest BCUT2D eigenvalue weighted by Crippen LogP contribution is 2.26. The van der Waals surface area contributed by atoms with Crippen LogP contribution in [0.3, 0.4) is 0 Å². The number of nitrogens with zero attached hydrogens (tertiary/aromatic N) is 1. The number of carbonyl (C=O) groups is 4. The van der Waals surface area contributed by atoms with Crippen LogP contribution in [0.15, 0.2) is 60.9 Å². The van der Waals surface area contributed by atoms with E-state index in [1.54, 1.807) is 6.92 Å². The summed E-state index contributed by atoms with van der Waals surface area (Å²) in [6.07, 6.45) is 2.62. The first-order valence-electron chi connectivity index (χ1n) is 14.1. The molecule has 0 aliphatic carbocycles. The highest BCUT2D eigenvalue weighted by molar-refractivity contribution is 6.34. The zero-order chi connectivity index (χ0) is 30.2. The smallest absolute Gasteiger partial charge is 0.251 e. The van der Waals surface area contributed by atoms with Gasteiger partial charge in [0.2, 0.25) is 24.0 Å². The van der Waals surface area contributed by atoms with Crippen molar-refractivity contribution in [3.8, 4) is 0 Å². The minimum atomic E-state index is -0.880. The molecule has 0 aromatic heterocycles. The number of ether oxygens (including phenoxy) is 2. The Morgan fingerprint density at radius 1 is 1.17 bits per heavy atom. The standard InChI is InChI=1S/C31H37ClN4O6/c1-19-17-26(31(42-19)41-16-8-11-22-9-5-4-6-10-22)35-29(39)27-12-7-15-36(27)30(40)20(2)33-28(38)23-13-14-25(24(32)18-23)34-21(3)37/h4-6,9-10,13-14,18,20,26-27,31H,1,7-8,11-12,15-17H2,2-3H3,(H,33,38)(H,34,37)(H,35,39). The van der Waals surface area contributed by atoms with Gasteiger partial charge in [0.05, 0.1) is 29.1 Å². The number of carbonyl (C=O) groups excluding carboxylic acids is 4. The van der Waals surface area contributed by atoms with Crippen molar-refractivity contribution in [2.45, 2.75) is 70.4 Å². The van der Waals surface area contributed by atoms with E-state index in [0.29, 0.717) is 43.9 Å². The minimum absolute atomic E-state index is 0.199. The fourth-order valence-electron chi connectivity index (χ4n) is 5.15. The number of rotatable bonds is 11. The topological polar surface area (TPSA) is 126 Å². The number of hydrogen-bond donors (Lipinski definition) is 3. The van der Waals surface area contributed by atoms with Crippen molar-refractivity contribution in [2.24, 2.45) is 0 Å². The molecule has 0 spiro atoms. The fourth-order valence-corrected chi connectivity index (χ4v) is 5.37. The molecule has 4 amide bonds. The molecule has 0 bridgehead atoms. The first kappa shape index (κ1) is 31.1. The third kappa shape index (κ3) is 8.10. The molecule has 2 heterocycles. The van der Waals surface area contributed by atoms with Crippen LogP contribution in [0.4, 0.5) is 5.69 Å². The zero-order valence-electron chi connectivity index (χ0n) is 23.9. The number of anilines is 1. The van der Waals surface area contributed by atoms with Gasteiger partial charge in [-0.15, -0.1) is 0 Å². The van der Waals surface area contributed by atoms with Gasteiger partial charge < -0.3 is 30.3 Å². The second kappa shape index (κ2) is 14.3. The van der Waals surface area contributed by atoms with Crippen molar-refractivity contribution in [2.75, 3.05) is 18.5 Å². The van der Waals surface area contributed by atoms with Gasteiger partial charge in [-0.2, -0.15) is 0 Å². The van der Waals surface area contributed by atoms with Crippen LogP contribution in [0.25, 0.3) is 0 Å². The maximum absolute atomic E-state index is 13.3. The van der Waals surface area contributed by atoms with Crippen molar-refractivity contribution in [3.63, 3.8) is 0 Å². The van der Waals surface area contributed by atoms with Gasteiger partial charge >= 0.3 is 0 Å². The largest absolute Gasteiger partial charge is 0.468 e. The van der Waals surface area contributed by atoms with Crippen molar-refractivity contribution < 1.29 is 28.7 Å². The third-order valence-corrected chi connectivity index (χ3v) is 7.53. The highest BCUT2D eigenvalue weighted by atomic mass is 35.5. The van der Waals surface area contributed by atoms with Gasteiger partial charge in [0.15, 0.2) is 0 Å². The Morgan fingerprint density at radius 3 is 2.64 bits per heavy atom. The second-order valence-corrected chi connectivity index (χ2v) is 11.0. The van der Waals surface area contributed by atoms with Gasteiger partial charge in [-0.05, 0) is 56.4 Å². The predicted octanol–water partition coefficient (Wildman–Crippen LogP) is 3.80. The number of nitrogens with one attached hydrogen (secondary N) is 3. The molecule has 2 fully saturated rings. The molecular formula is C31H37ClN4O6. The maximum atomic E-state index is 13.3. The molecular weight excluding hydrogens is 560 g/mol. The van der Waals surface area contributed by atoms with Crippen molar-refractivity contribution >= 4 is 40.9 Å². The number of hydrogen-bond acceptors (Lipinski definition) is 6. The number of aryl methyl sites for hydroxylation is 1. The van der Waals surface area contributed by atoms with Crippen LogP contribution in [-0.4, -0.2) is 66.1 Å². The predicted molar refractivity (Wildman–Crippen MR) is 159 cm³/mol. The summed E-state index contributed by atoms with van der Waals surface area (Å²) in [5, 5.41) is 8.46. The van der Waals surface area contributed by atoms with Gasteiger partial charge in [-0.3, -0.25) is 19.2 Å². The minimum Gasteiger partial charge on any atom is -0.468 e.